The number of benzene rings is 1. The third-order valence-electron chi connectivity index (χ3n) is 3.13. The molecule has 1 heterocycles. The molecule has 0 spiro atoms. The maximum Gasteiger partial charge on any atom is 0.123 e. The van der Waals surface area contributed by atoms with Crippen molar-refractivity contribution in [3.8, 4) is 5.75 Å². The summed E-state index contributed by atoms with van der Waals surface area (Å²) in [6.07, 6.45) is 2.36. The molecule has 0 aromatic heterocycles. The van der Waals surface area contributed by atoms with E-state index in [1.165, 1.54) is 12.0 Å². The fourth-order valence-corrected chi connectivity index (χ4v) is 2.31. The van der Waals surface area contributed by atoms with E-state index in [0.717, 1.165) is 31.8 Å². The molecule has 3 heteroatoms. The van der Waals surface area contributed by atoms with Gasteiger partial charge in [0, 0.05) is 24.7 Å². The van der Waals surface area contributed by atoms with Crippen molar-refractivity contribution >= 4 is 0 Å². The number of rotatable bonds is 3. The van der Waals surface area contributed by atoms with Gasteiger partial charge in [-0.05, 0) is 25.5 Å². The smallest absolute Gasteiger partial charge is 0.123 e. The maximum absolute atomic E-state index is 5.98. The molecule has 1 atom stereocenters. The van der Waals surface area contributed by atoms with E-state index in [2.05, 4.69) is 17.0 Å². The first-order valence-electron chi connectivity index (χ1n) is 5.89. The minimum Gasteiger partial charge on any atom is -0.496 e. The second-order valence-corrected chi connectivity index (χ2v) is 4.45. The van der Waals surface area contributed by atoms with Gasteiger partial charge < -0.3 is 10.5 Å². The third kappa shape index (κ3) is 2.74. The molecule has 1 aromatic carbocycles. The van der Waals surface area contributed by atoms with Crippen LogP contribution < -0.4 is 10.5 Å². The van der Waals surface area contributed by atoms with Gasteiger partial charge in [-0.25, -0.2) is 0 Å². The summed E-state index contributed by atoms with van der Waals surface area (Å²) in [7, 11) is 1.72. The molecule has 0 radical (unpaired) electrons. The molecular weight excluding hydrogens is 200 g/mol. The lowest BCUT2D eigenvalue weighted by Gasteiger charge is -2.30. The lowest BCUT2D eigenvalue weighted by molar-refractivity contribution is 0.199. The van der Waals surface area contributed by atoms with Crippen LogP contribution in [0.25, 0.3) is 0 Å². The first-order chi connectivity index (χ1) is 7.79. The summed E-state index contributed by atoms with van der Waals surface area (Å²) in [6.45, 7) is 3.08. The van der Waals surface area contributed by atoms with E-state index < -0.39 is 0 Å². The molecule has 1 aliphatic heterocycles. The number of hydrogen-bond donors (Lipinski definition) is 1. The minimum atomic E-state index is 0.337. The highest BCUT2D eigenvalue weighted by Gasteiger charge is 2.17. The SMILES string of the molecule is COc1ccccc1CN1CCCC(N)C1. The van der Waals surface area contributed by atoms with E-state index in [-0.39, 0.29) is 0 Å². The Kier molecular flexibility index (Phi) is 3.80. The van der Waals surface area contributed by atoms with Crippen molar-refractivity contribution in [3.63, 3.8) is 0 Å². The van der Waals surface area contributed by atoms with Gasteiger partial charge in [-0.1, -0.05) is 18.2 Å². The summed E-state index contributed by atoms with van der Waals surface area (Å²) in [5.74, 6) is 0.974. The fourth-order valence-electron chi connectivity index (χ4n) is 2.31. The Hall–Kier alpha value is -1.06. The largest absolute Gasteiger partial charge is 0.496 e. The van der Waals surface area contributed by atoms with E-state index in [0.29, 0.717) is 6.04 Å². The van der Waals surface area contributed by atoms with Gasteiger partial charge in [-0.2, -0.15) is 0 Å². The van der Waals surface area contributed by atoms with Crippen molar-refractivity contribution in [2.45, 2.75) is 25.4 Å². The highest BCUT2D eigenvalue weighted by atomic mass is 16.5. The number of piperidine rings is 1. The molecule has 16 heavy (non-hydrogen) atoms. The molecule has 2 rings (SSSR count). The van der Waals surface area contributed by atoms with Crippen LogP contribution in [0.15, 0.2) is 24.3 Å². The molecule has 0 aliphatic carbocycles. The average molecular weight is 220 g/mol. The molecule has 1 aliphatic rings. The Bertz CT molecular complexity index is 340. The van der Waals surface area contributed by atoms with Crippen LogP contribution in [0.1, 0.15) is 18.4 Å². The van der Waals surface area contributed by atoms with Crippen LogP contribution >= 0.6 is 0 Å². The summed E-state index contributed by atoms with van der Waals surface area (Å²) in [6, 6.07) is 8.54. The molecular formula is C13H20N2O. The Morgan fingerprint density at radius 3 is 3.00 bits per heavy atom. The monoisotopic (exact) mass is 220 g/mol. The molecule has 88 valence electrons. The minimum absolute atomic E-state index is 0.337. The van der Waals surface area contributed by atoms with Crippen LogP contribution in [0.4, 0.5) is 0 Å². The maximum atomic E-state index is 5.98. The van der Waals surface area contributed by atoms with Crippen LogP contribution in [-0.4, -0.2) is 31.1 Å². The van der Waals surface area contributed by atoms with Crippen LogP contribution in [0.2, 0.25) is 0 Å². The van der Waals surface area contributed by atoms with Crippen molar-refractivity contribution in [1.82, 2.24) is 4.90 Å². The molecule has 1 fully saturated rings. The lowest BCUT2D eigenvalue weighted by Crippen LogP contribution is -2.42. The van der Waals surface area contributed by atoms with Gasteiger partial charge in [-0.3, -0.25) is 4.90 Å². The number of methoxy groups -OCH3 is 1. The van der Waals surface area contributed by atoms with Crippen LogP contribution in [0, 0.1) is 0 Å². The Morgan fingerprint density at radius 2 is 2.25 bits per heavy atom. The van der Waals surface area contributed by atoms with Gasteiger partial charge in [0.1, 0.15) is 5.75 Å². The molecule has 0 saturated carbocycles. The van der Waals surface area contributed by atoms with Gasteiger partial charge in [0.05, 0.1) is 7.11 Å². The first kappa shape index (κ1) is 11.4. The van der Waals surface area contributed by atoms with Crippen LogP contribution in [0.5, 0.6) is 5.75 Å². The number of para-hydroxylation sites is 1. The predicted molar refractivity (Wildman–Crippen MR) is 65.5 cm³/mol. The first-order valence-corrected chi connectivity index (χ1v) is 5.89. The quantitative estimate of drug-likeness (QED) is 0.841. The third-order valence-corrected chi connectivity index (χ3v) is 3.13. The predicted octanol–water partition coefficient (Wildman–Crippen LogP) is 1.62. The Balaban J connectivity index is 2.02. The van der Waals surface area contributed by atoms with Gasteiger partial charge in [0.2, 0.25) is 0 Å². The second kappa shape index (κ2) is 5.32. The highest BCUT2D eigenvalue weighted by molar-refractivity contribution is 5.33. The van der Waals surface area contributed by atoms with E-state index in [4.69, 9.17) is 10.5 Å². The van der Waals surface area contributed by atoms with E-state index in [9.17, 15) is 0 Å². The molecule has 3 nitrogen and oxygen atoms in total. The normalized spacial score (nSPS) is 22.0. The topological polar surface area (TPSA) is 38.5 Å². The summed E-state index contributed by atoms with van der Waals surface area (Å²) in [5.41, 5.74) is 7.23. The zero-order chi connectivity index (χ0) is 11.4. The standard InChI is InChI=1S/C13H20N2O/c1-16-13-7-3-2-5-11(13)9-15-8-4-6-12(14)10-15/h2-3,5,7,12H,4,6,8-10,14H2,1H3. The molecule has 2 N–H and O–H groups in total. The van der Waals surface area contributed by atoms with E-state index in [1.54, 1.807) is 7.11 Å². The molecule has 1 aromatic rings. The van der Waals surface area contributed by atoms with Crippen molar-refractivity contribution in [2.75, 3.05) is 20.2 Å². The number of nitrogens with two attached hydrogens (primary N) is 1. The van der Waals surface area contributed by atoms with Gasteiger partial charge in [0.25, 0.3) is 0 Å². The number of likely N-dealkylation sites (tertiary alicyclic amines) is 1. The fraction of sp³-hybridized carbons (Fsp3) is 0.538. The summed E-state index contributed by atoms with van der Waals surface area (Å²) in [5, 5.41) is 0. The summed E-state index contributed by atoms with van der Waals surface area (Å²) >= 11 is 0. The van der Waals surface area contributed by atoms with Crippen LogP contribution in [-0.2, 0) is 6.54 Å². The van der Waals surface area contributed by atoms with E-state index >= 15 is 0 Å². The molecule has 0 bridgehead atoms. The second-order valence-electron chi connectivity index (χ2n) is 4.45. The number of nitrogens with zero attached hydrogens (tertiary/aromatic N) is 1. The highest BCUT2D eigenvalue weighted by Crippen LogP contribution is 2.20. The van der Waals surface area contributed by atoms with Crippen LogP contribution in [0.3, 0.4) is 0 Å². The van der Waals surface area contributed by atoms with Crippen molar-refractivity contribution < 1.29 is 4.74 Å². The number of hydrogen-bond acceptors (Lipinski definition) is 3. The van der Waals surface area contributed by atoms with Gasteiger partial charge in [0.15, 0.2) is 0 Å². The van der Waals surface area contributed by atoms with Crippen molar-refractivity contribution in [3.05, 3.63) is 29.8 Å². The summed E-state index contributed by atoms with van der Waals surface area (Å²) < 4.78 is 5.36. The van der Waals surface area contributed by atoms with Gasteiger partial charge >= 0.3 is 0 Å². The van der Waals surface area contributed by atoms with E-state index in [1.807, 2.05) is 12.1 Å². The van der Waals surface area contributed by atoms with Gasteiger partial charge in [-0.15, -0.1) is 0 Å². The average Bonchev–Trinajstić information content (AvgIpc) is 2.30. The number of ether oxygens (including phenoxy) is 1. The zero-order valence-corrected chi connectivity index (χ0v) is 9.86. The molecule has 0 amide bonds. The van der Waals surface area contributed by atoms with Crippen molar-refractivity contribution in [1.29, 1.82) is 0 Å². The molecule has 1 saturated heterocycles. The Morgan fingerprint density at radius 1 is 1.44 bits per heavy atom. The van der Waals surface area contributed by atoms with Crippen molar-refractivity contribution in [2.24, 2.45) is 5.73 Å². The zero-order valence-electron chi connectivity index (χ0n) is 9.86. The lowest BCUT2D eigenvalue weighted by atomic mass is 10.1. The molecule has 1 unspecified atom stereocenters. The summed E-state index contributed by atoms with van der Waals surface area (Å²) in [4.78, 5) is 2.41. The Labute approximate surface area is 97.2 Å².